The Balaban J connectivity index is 1.18. The second-order valence-corrected chi connectivity index (χ2v) is 7.74. The molecule has 3 atom stereocenters. The first-order valence-corrected chi connectivity index (χ1v) is 9.67. The number of hydrogen-bond acceptors (Lipinski definition) is 6. The van der Waals surface area contributed by atoms with Crippen LogP contribution in [0.5, 0.6) is 5.75 Å². The van der Waals surface area contributed by atoms with Gasteiger partial charge in [0.2, 0.25) is 0 Å². The highest BCUT2D eigenvalue weighted by atomic mass is 19.4. The standard InChI is InChI=1S/C19H17F5N6O/c20-16(21)8-30-18-14(4-27-30)25-5-17(28-18)29-6-11-12(7-29)13(11)9-31-10-1-2-15(26-3-10)19(22,23)24/h1-5,11-13,16H,6-9H2/t11-,12+,13+. The minimum Gasteiger partial charge on any atom is -0.492 e. The number of halogens is 5. The lowest BCUT2D eigenvalue weighted by molar-refractivity contribution is -0.141. The van der Waals surface area contributed by atoms with E-state index < -0.39 is 24.8 Å². The van der Waals surface area contributed by atoms with E-state index in [1.54, 1.807) is 6.20 Å². The molecule has 3 aromatic heterocycles. The van der Waals surface area contributed by atoms with Crippen LogP contribution in [0.2, 0.25) is 0 Å². The summed E-state index contributed by atoms with van der Waals surface area (Å²) in [6.45, 7) is 1.33. The molecular weight excluding hydrogens is 423 g/mol. The fourth-order valence-corrected chi connectivity index (χ4v) is 4.17. The van der Waals surface area contributed by atoms with E-state index in [2.05, 4.69) is 25.0 Å². The van der Waals surface area contributed by atoms with Gasteiger partial charge in [-0.3, -0.25) is 0 Å². The van der Waals surface area contributed by atoms with Gasteiger partial charge in [0.15, 0.2) is 5.65 Å². The van der Waals surface area contributed by atoms with Gasteiger partial charge < -0.3 is 9.64 Å². The maximum Gasteiger partial charge on any atom is 0.433 e. The fourth-order valence-electron chi connectivity index (χ4n) is 4.17. The Morgan fingerprint density at radius 1 is 1.06 bits per heavy atom. The van der Waals surface area contributed by atoms with Gasteiger partial charge in [0.25, 0.3) is 6.43 Å². The maximum atomic E-state index is 12.7. The zero-order valence-electron chi connectivity index (χ0n) is 16.0. The lowest BCUT2D eigenvalue weighted by Crippen LogP contribution is -2.26. The van der Waals surface area contributed by atoms with Crippen molar-refractivity contribution in [2.75, 3.05) is 24.6 Å². The molecule has 2 fully saturated rings. The fraction of sp³-hybridized carbons (Fsp3) is 0.474. The van der Waals surface area contributed by atoms with Crippen LogP contribution in [0.25, 0.3) is 11.2 Å². The van der Waals surface area contributed by atoms with E-state index >= 15 is 0 Å². The quantitative estimate of drug-likeness (QED) is 0.548. The molecule has 0 spiro atoms. The zero-order valence-corrected chi connectivity index (χ0v) is 16.0. The minimum atomic E-state index is -4.47. The van der Waals surface area contributed by atoms with E-state index in [4.69, 9.17) is 4.74 Å². The van der Waals surface area contributed by atoms with Crippen LogP contribution in [-0.2, 0) is 12.7 Å². The molecule has 7 nitrogen and oxygen atoms in total. The molecule has 1 saturated heterocycles. The number of pyridine rings is 1. The van der Waals surface area contributed by atoms with Crippen LogP contribution < -0.4 is 9.64 Å². The molecule has 5 rings (SSSR count). The zero-order chi connectivity index (χ0) is 21.8. The number of ether oxygens (including phenoxy) is 1. The van der Waals surface area contributed by atoms with Crippen LogP contribution in [0.4, 0.5) is 27.8 Å². The van der Waals surface area contributed by atoms with Crippen LogP contribution in [0.15, 0.2) is 30.7 Å². The lowest BCUT2D eigenvalue weighted by Gasteiger charge is -2.20. The van der Waals surface area contributed by atoms with Gasteiger partial charge in [-0.15, -0.1) is 0 Å². The van der Waals surface area contributed by atoms with E-state index in [1.165, 1.54) is 12.3 Å². The number of nitrogens with zero attached hydrogens (tertiary/aromatic N) is 6. The van der Waals surface area contributed by atoms with Crippen molar-refractivity contribution in [3.63, 3.8) is 0 Å². The molecule has 1 saturated carbocycles. The Morgan fingerprint density at radius 2 is 1.84 bits per heavy atom. The van der Waals surface area contributed by atoms with Gasteiger partial charge in [-0.05, 0) is 24.0 Å². The van der Waals surface area contributed by atoms with Crippen molar-refractivity contribution in [3.8, 4) is 5.75 Å². The second-order valence-electron chi connectivity index (χ2n) is 7.74. The average Bonchev–Trinajstić information content (AvgIpc) is 3.04. The smallest absolute Gasteiger partial charge is 0.433 e. The van der Waals surface area contributed by atoms with Crippen LogP contribution in [-0.4, -0.2) is 50.9 Å². The number of piperidine rings is 1. The molecule has 1 aliphatic heterocycles. The highest BCUT2D eigenvalue weighted by molar-refractivity contribution is 5.71. The van der Waals surface area contributed by atoms with Crippen LogP contribution in [0, 0.1) is 17.8 Å². The summed E-state index contributed by atoms with van der Waals surface area (Å²) in [5.41, 5.74) is -0.162. The number of fused-ring (bicyclic) bond motifs is 2. The predicted molar refractivity (Wildman–Crippen MR) is 98.7 cm³/mol. The maximum absolute atomic E-state index is 12.7. The van der Waals surface area contributed by atoms with Crippen molar-refractivity contribution in [2.45, 2.75) is 19.1 Å². The molecule has 0 N–H and O–H groups in total. The Morgan fingerprint density at radius 3 is 2.48 bits per heavy atom. The molecule has 0 aromatic carbocycles. The molecule has 12 heteroatoms. The van der Waals surface area contributed by atoms with Crippen molar-refractivity contribution in [1.29, 1.82) is 0 Å². The third-order valence-corrected chi connectivity index (χ3v) is 5.81. The summed E-state index contributed by atoms with van der Waals surface area (Å²) >= 11 is 0. The van der Waals surface area contributed by atoms with E-state index in [-0.39, 0.29) is 0 Å². The molecule has 0 radical (unpaired) electrons. The Kier molecular flexibility index (Phi) is 4.67. The van der Waals surface area contributed by atoms with Crippen molar-refractivity contribution in [3.05, 3.63) is 36.4 Å². The summed E-state index contributed by atoms with van der Waals surface area (Å²) in [6.07, 6.45) is -2.90. The monoisotopic (exact) mass is 440 g/mol. The average molecular weight is 440 g/mol. The lowest BCUT2D eigenvalue weighted by atomic mass is 10.3. The number of alkyl halides is 5. The van der Waals surface area contributed by atoms with Crippen LogP contribution in [0.3, 0.4) is 0 Å². The molecule has 31 heavy (non-hydrogen) atoms. The molecule has 4 heterocycles. The molecule has 164 valence electrons. The first kappa shape index (κ1) is 19.9. The molecule has 0 bridgehead atoms. The summed E-state index contributed by atoms with van der Waals surface area (Å²) in [6, 6.07) is 2.17. The van der Waals surface area contributed by atoms with Gasteiger partial charge >= 0.3 is 6.18 Å². The topological polar surface area (TPSA) is 69.0 Å². The number of aromatic nitrogens is 5. The van der Waals surface area contributed by atoms with E-state index in [0.29, 0.717) is 47.1 Å². The highest BCUT2D eigenvalue weighted by Crippen LogP contribution is 2.52. The molecule has 1 aliphatic carbocycles. The molecule has 3 aromatic rings. The van der Waals surface area contributed by atoms with Gasteiger partial charge in [0.05, 0.1) is 25.2 Å². The van der Waals surface area contributed by atoms with Gasteiger partial charge in [-0.1, -0.05) is 0 Å². The highest BCUT2D eigenvalue weighted by Gasteiger charge is 2.56. The number of rotatable bonds is 6. The van der Waals surface area contributed by atoms with Crippen molar-refractivity contribution >= 4 is 17.0 Å². The Labute approximate surface area is 172 Å². The van der Waals surface area contributed by atoms with Gasteiger partial charge in [0.1, 0.15) is 29.3 Å². The van der Waals surface area contributed by atoms with Gasteiger partial charge in [0, 0.05) is 19.0 Å². The van der Waals surface area contributed by atoms with Gasteiger partial charge in [-0.25, -0.2) is 28.4 Å². The largest absolute Gasteiger partial charge is 0.492 e. The van der Waals surface area contributed by atoms with E-state index in [1.807, 2.05) is 0 Å². The molecule has 0 amide bonds. The normalized spacial score (nSPS) is 22.9. The first-order valence-electron chi connectivity index (χ1n) is 9.67. The SMILES string of the molecule is FC(F)Cn1ncc2ncc(N3C[C@@H]4[C@@H](COc5ccc(C(F)(F)F)nc5)[C@@H]4C3)nc21. The third-order valence-electron chi connectivity index (χ3n) is 5.81. The minimum absolute atomic E-state index is 0.304. The van der Waals surface area contributed by atoms with Crippen molar-refractivity contribution < 1.29 is 26.7 Å². The second kappa shape index (κ2) is 7.27. The number of hydrogen-bond donors (Lipinski definition) is 0. The summed E-state index contributed by atoms with van der Waals surface area (Å²) in [5, 5.41) is 3.92. The Bertz CT molecular complexity index is 1070. The summed E-state index contributed by atoms with van der Waals surface area (Å²) in [4.78, 5) is 14.2. The van der Waals surface area contributed by atoms with Crippen molar-refractivity contribution in [1.82, 2.24) is 24.7 Å². The molecule has 2 aliphatic rings. The van der Waals surface area contributed by atoms with Crippen LogP contribution in [0.1, 0.15) is 5.69 Å². The van der Waals surface area contributed by atoms with Crippen molar-refractivity contribution in [2.24, 2.45) is 17.8 Å². The number of anilines is 1. The third kappa shape index (κ3) is 3.86. The predicted octanol–water partition coefficient (Wildman–Crippen LogP) is 3.27. The first-order chi connectivity index (χ1) is 14.8. The van der Waals surface area contributed by atoms with Gasteiger partial charge in [-0.2, -0.15) is 18.3 Å². The van der Waals surface area contributed by atoms with Crippen LogP contribution >= 0.6 is 0 Å². The molecular formula is C19H17F5N6O. The van der Waals surface area contributed by atoms with E-state index in [9.17, 15) is 22.0 Å². The van der Waals surface area contributed by atoms with E-state index in [0.717, 1.165) is 30.0 Å². The Hall–Kier alpha value is -3.05. The summed E-state index contributed by atoms with van der Waals surface area (Å²) < 4.78 is 69.9. The summed E-state index contributed by atoms with van der Waals surface area (Å²) in [7, 11) is 0. The molecule has 0 unspecified atom stereocenters. The summed E-state index contributed by atoms with van der Waals surface area (Å²) in [5.74, 6) is 1.98.